The fourth-order valence-corrected chi connectivity index (χ4v) is 1.75. The van der Waals surface area contributed by atoms with E-state index in [0.717, 1.165) is 0 Å². The lowest BCUT2D eigenvalue weighted by Crippen LogP contribution is -2.49. The van der Waals surface area contributed by atoms with Crippen molar-refractivity contribution in [3.63, 3.8) is 0 Å². The first-order valence-corrected chi connectivity index (χ1v) is 6.14. The van der Waals surface area contributed by atoms with Crippen LogP contribution >= 0.6 is 0 Å². The molecule has 6 heteroatoms. The van der Waals surface area contributed by atoms with E-state index in [0.29, 0.717) is 11.4 Å². The lowest BCUT2D eigenvalue weighted by atomic mass is 9.86. The quantitative estimate of drug-likeness (QED) is 0.725. The SMILES string of the molecule is COc1cc(N)ccc1C(=O)NC(C(=O)O)C(C)(C)C. The summed E-state index contributed by atoms with van der Waals surface area (Å²) in [5, 5.41) is 11.7. The molecule has 0 heterocycles. The highest BCUT2D eigenvalue weighted by molar-refractivity contribution is 5.99. The number of ether oxygens (including phenoxy) is 1. The second-order valence-electron chi connectivity index (χ2n) is 5.57. The zero-order valence-electron chi connectivity index (χ0n) is 12.1. The second-order valence-corrected chi connectivity index (χ2v) is 5.57. The Morgan fingerprint density at radius 1 is 1.35 bits per heavy atom. The molecule has 1 aromatic carbocycles. The van der Waals surface area contributed by atoms with Crippen molar-refractivity contribution in [3.8, 4) is 5.75 Å². The normalized spacial score (nSPS) is 12.6. The molecule has 1 atom stereocenters. The maximum Gasteiger partial charge on any atom is 0.326 e. The first-order valence-electron chi connectivity index (χ1n) is 6.14. The van der Waals surface area contributed by atoms with Gasteiger partial charge < -0.3 is 20.9 Å². The third kappa shape index (κ3) is 3.63. The minimum absolute atomic E-state index is 0.247. The minimum atomic E-state index is -1.08. The molecule has 0 aromatic heterocycles. The third-order valence-electron chi connectivity index (χ3n) is 2.86. The Balaban J connectivity index is 3.04. The summed E-state index contributed by atoms with van der Waals surface area (Å²) in [5.74, 6) is -1.29. The molecule has 0 aliphatic heterocycles. The van der Waals surface area contributed by atoms with Gasteiger partial charge in [0, 0.05) is 11.8 Å². The lowest BCUT2D eigenvalue weighted by molar-refractivity contribution is -0.142. The van der Waals surface area contributed by atoms with Gasteiger partial charge in [-0.05, 0) is 17.5 Å². The number of carboxylic acids is 1. The minimum Gasteiger partial charge on any atom is -0.496 e. The van der Waals surface area contributed by atoms with Crippen molar-refractivity contribution in [2.45, 2.75) is 26.8 Å². The highest BCUT2D eigenvalue weighted by Crippen LogP contribution is 2.24. The van der Waals surface area contributed by atoms with Crippen molar-refractivity contribution in [3.05, 3.63) is 23.8 Å². The van der Waals surface area contributed by atoms with E-state index in [2.05, 4.69) is 5.32 Å². The van der Waals surface area contributed by atoms with Crippen LogP contribution in [0.25, 0.3) is 0 Å². The zero-order valence-corrected chi connectivity index (χ0v) is 12.1. The Labute approximate surface area is 117 Å². The Bertz CT molecular complexity index is 520. The standard InChI is InChI=1S/C14H20N2O4/c1-14(2,3)11(13(18)19)16-12(17)9-6-5-8(15)7-10(9)20-4/h5-7,11H,15H2,1-4H3,(H,16,17)(H,18,19). The molecule has 1 aromatic rings. The average molecular weight is 280 g/mol. The molecule has 0 aliphatic rings. The first-order chi connectivity index (χ1) is 9.16. The molecule has 0 bridgehead atoms. The number of carbonyl (C=O) groups excluding carboxylic acids is 1. The van der Waals surface area contributed by atoms with Crippen molar-refractivity contribution in [2.75, 3.05) is 12.8 Å². The van der Waals surface area contributed by atoms with Crippen LogP contribution in [0, 0.1) is 5.41 Å². The van der Waals surface area contributed by atoms with E-state index in [1.807, 2.05) is 0 Å². The number of anilines is 1. The van der Waals surface area contributed by atoms with Gasteiger partial charge in [0.05, 0.1) is 12.7 Å². The fraction of sp³-hybridized carbons (Fsp3) is 0.429. The molecule has 0 radical (unpaired) electrons. The Hall–Kier alpha value is -2.24. The van der Waals surface area contributed by atoms with Crippen LogP contribution in [0.3, 0.4) is 0 Å². The smallest absolute Gasteiger partial charge is 0.326 e. The molecule has 1 amide bonds. The topological polar surface area (TPSA) is 102 Å². The Morgan fingerprint density at radius 3 is 2.40 bits per heavy atom. The average Bonchev–Trinajstić information content (AvgIpc) is 2.33. The van der Waals surface area contributed by atoms with Gasteiger partial charge in [-0.15, -0.1) is 0 Å². The van der Waals surface area contributed by atoms with Crippen LogP contribution in [-0.4, -0.2) is 30.1 Å². The summed E-state index contributed by atoms with van der Waals surface area (Å²) in [5.41, 5.74) is 5.72. The number of methoxy groups -OCH3 is 1. The molecular formula is C14H20N2O4. The number of aliphatic carboxylic acids is 1. The number of nitrogen functional groups attached to an aromatic ring is 1. The highest BCUT2D eigenvalue weighted by atomic mass is 16.5. The molecule has 1 rings (SSSR count). The van der Waals surface area contributed by atoms with Gasteiger partial charge in [-0.3, -0.25) is 4.79 Å². The van der Waals surface area contributed by atoms with E-state index >= 15 is 0 Å². The van der Waals surface area contributed by atoms with Crippen LogP contribution in [0.2, 0.25) is 0 Å². The summed E-state index contributed by atoms with van der Waals surface area (Å²) >= 11 is 0. The lowest BCUT2D eigenvalue weighted by Gasteiger charge is -2.28. The number of nitrogens with one attached hydrogen (secondary N) is 1. The largest absolute Gasteiger partial charge is 0.496 e. The number of hydrogen-bond acceptors (Lipinski definition) is 4. The van der Waals surface area contributed by atoms with E-state index in [1.165, 1.54) is 19.2 Å². The van der Waals surface area contributed by atoms with Gasteiger partial charge in [-0.1, -0.05) is 20.8 Å². The van der Waals surface area contributed by atoms with Crippen molar-refractivity contribution >= 4 is 17.6 Å². The molecule has 20 heavy (non-hydrogen) atoms. The van der Waals surface area contributed by atoms with Gasteiger partial charge in [0.2, 0.25) is 0 Å². The van der Waals surface area contributed by atoms with E-state index in [1.54, 1.807) is 26.8 Å². The molecule has 4 N–H and O–H groups in total. The maximum absolute atomic E-state index is 12.2. The van der Waals surface area contributed by atoms with Crippen LogP contribution in [0.15, 0.2) is 18.2 Å². The molecule has 1 unspecified atom stereocenters. The van der Waals surface area contributed by atoms with Gasteiger partial charge in [0.15, 0.2) is 0 Å². The molecular weight excluding hydrogens is 260 g/mol. The summed E-state index contributed by atoms with van der Waals surface area (Å²) in [6, 6.07) is 3.58. The number of carbonyl (C=O) groups is 2. The Kier molecular flexibility index (Phi) is 4.60. The van der Waals surface area contributed by atoms with E-state index in [-0.39, 0.29) is 5.56 Å². The number of amides is 1. The fourth-order valence-electron chi connectivity index (χ4n) is 1.75. The molecule has 110 valence electrons. The molecule has 0 saturated carbocycles. The van der Waals surface area contributed by atoms with Gasteiger partial charge >= 0.3 is 5.97 Å². The first kappa shape index (κ1) is 15.8. The summed E-state index contributed by atoms with van der Waals surface area (Å²) in [6.45, 7) is 5.23. The molecule has 0 saturated heterocycles. The highest BCUT2D eigenvalue weighted by Gasteiger charge is 2.33. The maximum atomic E-state index is 12.2. The summed E-state index contributed by atoms with van der Waals surface area (Å²) in [7, 11) is 1.42. The van der Waals surface area contributed by atoms with Crippen LogP contribution in [0.5, 0.6) is 5.75 Å². The number of carboxylic acid groups (broad SMARTS) is 1. The van der Waals surface area contributed by atoms with Crippen molar-refractivity contribution in [2.24, 2.45) is 5.41 Å². The molecule has 0 fully saturated rings. The number of benzene rings is 1. The van der Waals surface area contributed by atoms with E-state index in [4.69, 9.17) is 10.5 Å². The number of rotatable bonds is 4. The molecule has 0 spiro atoms. The van der Waals surface area contributed by atoms with Gasteiger partial charge in [-0.25, -0.2) is 4.79 Å². The van der Waals surface area contributed by atoms with E-state index in [9.17, 15) is 14.7 Å². The monoisotopic (exact) mass is 280 g/mol. The third-order valence-corrected chi connectivity index (χ3v) is 2.86. The van der Waals surface area contributed by atoms with Crippen LogP contribution in [-0.2, 0) is 4.79 Å². The summed E-state index contributed by atoms with van der Waals surface area (Å²) in [4.78, 5) is 23.5. The number of nitrogens with two attached hydrogens (primary N) is 1. The van der Waals surface area contributed by atoms with Gasteiger partial charge in [0.25, 0.3) is 5.91 Å². The van der Waals surface area contributed by atoms with Crippen LogP contribution in [0.4, 0.5) is 5.69 Å². The number of hydrogen-bond donors (Lipinski definition) is 3. The van der Waals surface area contributed by atoms with Gasteiger partial charge in [-0.2, -0.15) is 0 Å². The predicted octanol–water partition coefficient (Wildman–Crippen LogP) is 1.51. The second kappa shape index (κ2) is 5.81. The Morgan fingerprint density at radius 2 is 1.95 bits per heavy atom. The zero-order chi connectivity index (χ0) is 15.5. The van der Waals surface area contributed by atoms with Crippen molar-refractivity contribution in [1.29, 1.82) is 0 Å². The van der Waals surface area contributed by atoms with Crippen molar-refractivity contribution < 1.29 is 19.4 Å². The van der Waals surface area contributed by atoms with Gasteiger partial charge in [0.1, 0.15) is 11.8 Å². The predicted molar refractivity (Wildman–Crippen MR) is 75.8 cm³/mol. The van der Waals surface area contributed by atoms with Crippen molar-refractivity contribution in [1.82, 2.24) is 5.32 Å². The molecule has 6 nitrogen and oxygen atoms in total. The van der Waals surface area contributed by atoms with Crippen LogP contribution < -0.4 is 15.8 Å². The van der Waals surface area contributed by atoms with Crippen LogP contribution in [0.1, 0.15) is 31.1 Å². The summed E-state index contributed by atoms with van der Waals surface area (Å²) in [6.07, 6.45) is 0. The molecule has 0 aliphatic carbocycles. The van der Waals surface area contributed by atoms with E-state index < -0.39 is 23.3 Å². The summed E-state index contributed by atoms with van der Waals surface area (Å²) < 4.78 is 5.09.